The number of aromatic nitrogens is 1. The molecule has 0 aliphatic carbocycles. The van der Waals surface area contributed by atoms with Gasteiger partial charge in [0.1, 0.15) is 11.6 Å². The van der Waals surface area contributed by atoms with E-state index in [1.165, 1.54) is 12.1 Å². The van der Waals surface area contributed by atoms with Gasteiger partial charge in [-0.2, -0.15) is 0 Å². The van der Waals surface area contributed by atoms with Crippen molar-refractivity contribution in [3.63, 3.8) is 0 Å². The van der Waals surface area contributed by atoms with Crippen LogP contribution in [0.25, 0.3) is 0 Å². The highest BCUT2D eigenvalue weighted by Gasteiger charge is 2.17. The Bertz CT molecular complexity index is 678. The van der Waals surface area contributed by atoms with Gasteiger partial charge in [-0.1, -0.05) is 5.16 Å². The molecule has 24 heavy (non-hydrogen) atoms. The first-order valence-corrected chi connectivity index (χ1v) is 8.06. The molecule has 7 heteroatoms. The number of halogens is 1. The second-order valence-electron chi connectivity index (χ2n) is 5.88. The lowest BCUT2D eigenvalue weighted by Gasteiger charge is -2.36. The van der Waals surface area contributed by atoms with Crippen molar-refractivity contribution in [3.8, 4) is 0 Å². The maximum absolute atomic E-state index is 13.0. The van der Waals surface area contributed by atoms with Crippen LogP contribution >= 0.6 is 0 Å². The molecule has 1 fully saturated rings. The molecule has 1 aromatic heterocycles. The van der Waals surface area contributed by atoms with Crippen molar-refractivity contribution in [3.05, 3.63) is 47.6 Å². The van der Waals surface area contributed by atoms with Gasteiger partial charge in [0.2, 0.25) is 0 Å². The number of rotatable bonds is 5. The van der Waals surface area contributed by atoms with Crippen LogP contribution in [0.5, 0.6) is 0 Å². The van der Waals surface area contributed by atoms with Gasteiger partial charge >= 0.3 is 0 Å². The summed E-state index contributed by atoms with van der Waals surface area (Å²) in [6.07, 6.45) is 0. The van der Waals surface area contributed by atoms with E-state index in [2.05, 4.69) is 20.3 Å². The largest absolute Gasteiger partial charge is 0.369 e. The zero-order valence-electron chi connectivity index (χ0n) is 13.7. The van der Waals surface area contributed by atoms with Gasteiger partial charge in [-0.25, -0.2) is 4.39 Å². The average molecular weight is 332 g/mol. The zero-order valence-corrected chi connectivity index (χ0v) is 13.7. The summed E-state index contributed by atoms with van der Waals surface area (Å²) < 4.78 is 17.9. The first-order valence-electron chi connectivity index (χ1n) is 8.06. The molecule has 128 valence electrons. The molecule has 0 spiro atoms. The van der Waals surface area contributed by atoms with Crippen LogP contribution in [0.1, 0.15) is 16.2 Å². The van der Waals surface area contributed by atoms with E-state index in [9.17, 15) is 9.18 Å². The average Bonchev–Trinajstić information content (AvgIpc) is 3.03. The van der Waals surface area contributed by atoms with Crippen LogP contribution in [0.3, 0.4) is 0 Å². The summed E-state index contributed by atoms with van der Waals surface area (Å²) in [5.41, 5.74) is 1.36. The summed E-state index contributed by atoms with van der Waals surface area (Å²) in [7, 11) is 0. The lowest BCUT2D eigenvalue weighted by atomic mass is 10.2. The van der Waals surface area contributed by atoms with Gasteiger partial charge < -0.3 is 14.7 Å². The third-order valence-electron chi connectivity index (χ3n) is 4.14. The number of anilines is 1. The van der Waals surface area contributed by atoms with Gasteiger partial charge in [-0.05, 0) is 31.2 Å². The van der Waals surface area contributed by atoms with Crippen LogP contribution in [0, 0.1) is 12.7 Å². The number of carbonyl (C=O) groups is 1. The summed E-state index contributed by atoms with van der Waals surface area (Å²) in [6, 6.07) is 8.22. The molecule has 1 amide bonds. The van der Waals surface area contributed by atoms with E-state index in [1.54, 1.807) is 13.0 Å². The highest BCUT2D eigenvalue weighted by atomic mass is 19.1. The van der Waals surface area contributed by atoms with E-state index in [4.69, 9.17) is 4.52 Å². The van der Waals surface area contributed by atoms with Crippen molar-refractivity contribution in [1.82, 2.24) is 15.4 Å². The van der Waals surface area contributed by atoms with Crippen LogP contribution in [-0.4, -0.2) is 55.2 Å². The number of carbonyl (C=O) groups excluding carboxylic acids is 1. The highest BCUT2D eigenvalue weighted by molar-refractivity contribution is 5.92. The van der Waals surface area contributed by atoms with E-state index in [0.717, 1.165) is 38.4 Å². The molecule has 0 unspecified atom stereocenters. The van der Waals surface area contributed by atoms with E-state index in [0.29, 0.717) is 18.0 Å². The number of amides is 1. The fourth-order valence-corrected chi connectivity index (χ4v) is 2.77. The first-order chi connectivity index (χ1) is 11.6. The van der Waals surface area contributed by atoms with Crippen LogP contribution in [0.2, 0.25) is 0 Å². The Hall–Kier alpha value is -2.41. The third-order valence-corrected chi connectivity index (χ3v) is 4.14. The fourth-order valence-electron chi connectivity index (χ4n) is 2.77. The van der Waals surface area contributed by atoms with Gasteiger partial charge in [0, 0.05) is 51.0 Å². The molecule has 1 saturated heterocycles. The highest BCUT2D eigenvalue weighted by Crippen LogP contribution is 2.16. The molecular weight excluding hydrogens is 311 g/mol. The van der Waals surface area contributed by atoms with Crippen molar-refractivity contribution < 1.29 is 13.7 Å². The van der Waals surface area contributed by atoms with Crippen molar-refractivity contribution >= 4 is 11.6 Å². The quantitative estimate of drug-likeness (QED) is 0.902. The molecule has 6 nitrogen and oxygen atoms in total. The van der Waals surface area contributed by atoms with Crippen LogP contribution < -0.4 is 10.2 Å². The standard InChI is InChI=1S/C17H21FN4O2/c1-13-12-16(20-24-13)17(23)19-6-7-21-8-10-22(11-9-21)15-4-2-14(18)3-5-15/h2-5,12H,6-11H2,1H3,(H,19,23). The summed E-state index contributed by atoms with van der Waals surface area (Å²) in [5.74, 6) is 0.198. The molecule has 2 aromatic rings. The van der Waals surface area contributed by atoms with Gasteiger partial charge in [-0.15, -0.1) is 0 Å². The number of nitrogens with one attached hydrogen (secondary N) is 1. The van der Waals surface area contributed by atoms with Crippen LogP contribution in [-0.2, 0) is 0 Å². The summed E-state index contributed by atoms with van der Waals surface area (Å²) in [6.45, 7) is 6.72. The zero-order chi connectivity index (χ0) is 16.9. The van der Waals surface area contributed by atoms with Gasteiger partial charge in [0.05, 0.1) is 0 Å². The predicted octanol–water partition coefficient (Wildman–Crippen LogP) is 1.67. The van der Waals surface area contributed by atoms with E-state index in [1.807, 2.05) is 12.1 Å². The Labute approximate surface area is 140 Å². The Morgan fingerprint density at radius 2 is 1.96 bits per heavy atom. The first kappa shape index (κ1) is 16.4. The molecule has 0 bridgehead atoms. The Kier molecular flexibility index (Phi) is 5.10. The molecule has 3 rings (SSSR count). The molecule has 1 aliphatic rings. The molecule has 0 saturated carbocycles. The minimum absolute atomic E-state index is 0.211. The van der Waals surface area contributed by atoms with Crippen LogP contribution in [0.4, 0.5) is 10.1 Å². The third kappa shape index (κ3) is 4.11. The van der Waals surface area contributed by atoms with E-state index in [-0.39, 0.29) is 11.7 Å². The summed E-state index contributed by atoms with van der Waals surface area (Å²) in [5, 5.41) is 6.55. The normalized spacial score (nSPS) is 15.5. The molecule has 2 heterocycles. The maximum atomic E-state index is 13.0. The monoisotopic (exact) mass is 332 g/mol. The fraction of sp³-hybridized carbons (Fsp3) is 0.412. The SMILES string of the molecule is Cc1cc(C(=O)NCCN2CCN(c3ccc(F)cc3)CC2)no1. The molecule has 0 atom stereocenters. The van der Waals surface area contributed by atoms with Crippen molar-refractivity contribution in [2.45, 2.75) is 6.92 Å². The number of hydrogen-bond donors (Lipinski definition) is 1. The van der Waals surface area contributed by atoms with E-state index < -0.39 is 0 Å². The second-order valence-corrected chi connectivity index (χ2v) is 5.88. The second kappa shape index (κ2) is 7.44. The van der Waals surface area contributed by atoms with Gasteiger partial charge in [0.15, 0.2) is 5.69 Å². The number of aryl methyl sites for hydroxylation is 1. The minimum atomic E-state index is -0.213. The number of benzene rings is 1. The Balaban J connectivity index is 1.39. The maximum Gasteiger partial charge on any atom is 0.273 e. The lowest BCUT2D eigenvalue weighted by molar-refractivity contribution is 0.0938. The Morgan fingerprint density at radius 1 is 1.25 bits per heavy atom. The number of nitrogens with zero attached hydrogens (tertiary/aromatic N) is 3. The molecule has 1 aromatic carbocycles. The van der Waals surface area contributed by atoms with Gasteiger partial charge in [0.25, 0.3) is 5.91 Å². The van der Waals surface area contributed by atoms with Gasteiger partial charge in [-0.3, -0.25) is 9.69 Å². The van der Waals surface area contributed by atoms with E-state index >= 15 is 0 Å². The van der Waals surface area contributed by atoms with Crippen molar-refractivity contribution in [2.24, 2.45) is 0 Å². The topological polar surface area (TPSA) is 61.6 Å². The minimum Gasteiger partial charge on any atom is -0.369 e. The molecule has 1 N–H and O–H groups in total. The van der Waals surface area contributed by atoms with Crippen molar-refractivity contribution in [2.75, 3.05) is 44.2 Å². The smallest absolute Gasteiger partial charge is 0.273 e. The Morgan fingerprint density at radius 3 is 2.58 bits per heavy atom. The lowest BCUT2D eigenvalue weighted by Crippen LogP contribution is -2.48. The van der Waals surface area contributed by atoms with Crippen LogP contribution in [0.15, 0.2) is 34.9 Å². The number of piperazine rings is 1. The molecule has 1 aliphatic heterocycles. The molecular formula is C17H21FN4O2. The number of hydrogen-bond acceptors (Lipinski definition) is 5. The predicted molar refractivity (Wildman–Crippen MR) is 88.6 cm³/mol. The summed E-state index contributed by atoms with van der Waals surface area (Å²) in [4.78, 5) is 16.4. The van der Waals surface area contributed by atoms with Crippen molar-refractivity contribution in [1.29, 1.82) is 0 Å². The molecule has 0 radical (unpaired) electrons. The summed E-state index contributed by atoms with van der Waals surface area (Å²) >= 11 is 0.